The van der Waals surface area contributed by atoms with Gasteiger partial charge in [-0.1, -0.05) is 0 Å². The lowest BCUT2D eigenvalue weighted by Gasteiger charge is -2.01. The van der Waals surface area contributed by atoms with E-state index >= 15 is 0 Å². The van der Waals surface area contributed by atoms with Gasteiger partial charge < -0.3 is 10.6 Å². The molecule has 0 saturated heterocycles. The summed E-state index contributed by atoms with van der Waals surface area (Å²) in [6.07, 6.45) is 2.61. The van der Waals surface area contributed by atoms with Crippen molar-refractivity contribution in [2.24, 2.45) is 0 Å². The molecule has 66 valence electrons. The maximum absolute atomic E-state index is 10.4. The number of carbonyl (C=O) groups excluding carboxylic acids is 1. The van der Waals surface area contributed by atoms with Crippen LogP contribution in [0.4, 0.5) is 0 Å². The van der Waals surface area contributed by atoms with Crippen molar-refractivity contribution in [2.75, 3.05) is 13.1 Å². The molecule has 0 spiro atoms. The predicted molar refractivity (Wildman–Crippen MR) is 47.0 cm³/mol. The topological polar surface area (TPSA) is 41.1 Å². The zero-order valence-corrected chi connectivity index (χ0v) is 7.54. The smallest absolute Gasteiger partial charge is 0.216 e. The number of hydrogen-bond acceptors (Lipinski definition) is 2. The fourth-order valence-electron chi connectivity index (χ4n) is 0.802. The number of nitrogens with one attached hydrogen (secondary N) is 2. The van der Waals surface area contributed by atoms with Crippen molar-refractivity contribution >= 4 is 18.3 Å². The molecule has 0 aliphatic heterocycles. The van der Waals surface area contributed by atoms with E-state index in [0.717, 1.165) is 19.1 Å². The highest BCUT2D eigenvalue weighted by Crippen LogP contribution is 2.17. The highest BCUT2D eigenvalue weighted by atomic mass is 35.5. The molecule has 0 heterocycles. The van der Waals surface area contributed by atoms with E-state index in [-0.39, 0.29) is 18.3 Å². The zero-order chi connectivity index (χ0) is 7.40. The molecule has 0 unspecified atom stereocenters. The van der Waals surface area contributed by atoms with Crippen LogP contribution in [0.3, 0.4) is 0 Å². The molecule has 1 fully saturated rings. The van der Waals surface area contributed by atoms with Crippen LogP contribution < -0.4 is 10.6 Å². The summed E-state index contributed by atoms with van der Waals surface area (Å²) < 4.78 is 0. The fourth-order valence-corrected chi connectivity index (χ4v) is 0.802. The van der Waals surface area contributed by atoms with Crippen LogP contribution in [0.5, 0.6) is 0 Å². The molecule has 0 radical (unpaired) electrons. The van der Waals surface area contributed by atoms with E-state index < -0.39 is 0 Å². The molecule has 1 saturated carbocycles. The van der Waals surface area contributed by atoms with E-state index in [2.05, 4.69) is 10.6 Å². The number of rotatable bonds is 4. The molecule has 1 aliphatic carbocycles. The van der Waals surface area contributed by atoms with Gasteiger partial charge in [0.15, 0.2) is 0 Å². The van der Waals surface area contributed by atoms with Gasteiger partial charge in [0, 0.05) is 26.1 Å². The van der Waals surface area contributed by atoms with Crippen molar-refractivity contribution in [1.29, 1.82) is 0 Å². The Balaban J connectivity index is 0.000001000. The van der Waals surface area contributed by atoms with Gasteiger partial charge in [0.25, 0.3) is 0 Å². The predicted octanol–water partition coefficient (Wildman–Crippen LogP) is 0.296. The quantitative estimate of drug-likeness (QED) is 0.608. The molecule has 4 heteroatoms. The Morgan fingerprint density at radius 1 is 1.45 bits per heavy atom. The summed E-state index contributed by atoms with van der Waals surface area (Å²) in [6.45, 7) is 3.20. The maximum atomic E-state index is 10.4. The fraction of sp³-hybridized carbons (Fsp3) is 0.857. The summed E-state index contributed by atoms with van der Waals surface area (Å²) in [5, 5.41) is 6.02. The van der Waals surface area contributed by atoms with Crippen LogP contribution >= 0.6 is 12.4 Å². The molecule has 0 atom stereocenters. The molecule has 11 heavy (non-hydrogen) atoms. The Bertz CT molecular complexity index is 126. The Kier molecular flexibility index (Phi) is 5.24. The SMILES string of the molecule is CC(=O)NCCNC1CC1.Cl. The largest absolute Gasteiger partial charge is 0.355 e. The molecular weight excluding hydrogens is 164 g/mol. The van der Waals surface area contributed by atoms with Gasteiger partial charge in [0.05, 0.1) is 0 Å². The molecule has 0 aromatic carbocycles. The van der Waals surface area contributed by atoms with E-state index in [4.69, 9.17) is 0 Å². The molecule has 1 rings (SSSR count). The number of halogens is 1. The van der Waals surface area contributed by atoms with Gasteiger partial charge in [-0.25, -0.2) is 0 Å². The molecule has 0 bridgehead atoms. The minimum atomic E-state index is 0. The second kappa shape index (κ2) is 5.38. The highest BCUT2D eigenvalue weighted by molar-refractivity contribution is 5.85. The van der Waals surface area contributed by atoms with Crippen molar-refractivity contribution in [3.05, 3.63) is 0 Å². The standard InChI is InChI=1S/C7H14N2O.ClH/c1-6(10)8-4-5-9-7-2-3-7;/h7,9H,2-5H2,1H3,(H,8,10);1H. The van der Waals surface area contributed by atoms with Gasteiger partial charge in [-0.3, -0.25) is 4.79 Å². The second-order valence-electron chi connectivity index (χ2n) is 2.71. The van der Waals surface area contributed by atoms with Crippen LogP contribution in [0, 0.1) is 0 Å². The summed E-state index contributed by atoms with van der Waals surface area (Å²) in [6, 6.07) is 0.744. The first-order valence-electron chi connectivity index (χ1n) is 3.77. The van der Waals surface area contributed by atoms with E-state index in [0.29, 0.717) is 0 Å². The summed E-state index contributed by atoms with van der Waals surface area (Å²) >= 11 is 0. The Morgan fingerprint density at radius 3 is 2.55 bits per heavy atom. The van der Waals surface area contributed by atoms with Crippen LogP contribution in [0.2, 0.25) is 0 Å². The summed E-state index contributed by atoms with van der Waals surface area (Å²) in [7, 11) is 0. The van der Waals surface area contributed by atoms with Crippen molar-refractivity contribution < 1.29 is 4.79 Å². The highest BCUT2D eigenvalue weighted by Gasteiger charge is 2.19. The lowest BCUT2D eigenvalue weighted by atomic mass is 10.5. The molecule has 1 amide bonds. The molecule has 0 aromatic rings. The third-order valence-electron chi connectivity index (χ3n) is 1.51. The van der Waals surface area contributed by atoms with Crippen molar-refractivity contribution in [3.63, 3.8) is 0 Å². The monoisotopic (exact) mass is 178 g/mol. The minimum Gasteiger partial charge on any atom is -0.355 e. The Morgan fingerprint density at radius 2 is 2.09 bits per heavy atom. The second-order valence-corrected chi connectivity index (χ2v) is 2.71. The van der Waals surface area contributed by atoms with Gasteiger partial charge in [0.1, 0.15) is 0 Å². The third-order valence-corrected chi connectivity index (χ3v) is 1.51. The minimum absolute atomic E-state index is 0. The molecule has 3 nitrogen and oxygen atoms in total. The Labute approximate surface area is 73.3 Å². The lowest BCUT2D eigenvalue weighted by Crippen LogP contribution is -2.31. The van der Waals surface area contributed by atoms with E-state index in [1.54, 1.807) is 0 Å². The van der Waals surface area contributed by atoms with E-state index in [1.165, 1.54) is 19.8 Å². The molecular formula is C7H15ClN2O. The van der Waals surface area contributed by atoms with E-state index in [1.807, 2.05) is 0 Å². The van der Waals surface area contributed by atoms with Crippen molar-refractivity contribution in [2.45, 2.75) is 25.8 Å². The average Bonchev–Trinajstić information content (AvgIpc) is 2.62. The lowest BCUT2D eigenvalue weighted by molar-refractivity contribution is -0.118. The summed E-state index contributed by atoms with van der Waals surface area (Å²) in [5.74, 6) is 0.0533. The third kappa shape index (κ3) is 6.13. The molecule has 1 aliphatic rings. The zero-order valence-electron chi connectivity index (χ0n) is 6.72. The summed E-state index contributed by atoms with van der Waals surface area (Å²) in [4.78, 5) is 10.4. The normalized spacial score (nSPS) is 15.4. The maximum Gasteiger partial charge on any atom is 0.216 e. The van der Waals surface area contributed by atoms with Gasteiger partial charge >= 0.3 is 0 Å². The number of amides is 1. The molecule has 2 N–H and O–H groups in total. The number of hydrogen-bond donors (Lipinski definition) is 2. The van der Waals surface area contributed by atoms with Gasteiger partial charge in [-0.15, -0.1) is 12.4 Å². The van der Waals surface area contributed by atoms with Gasteiger partial charge in [0.2, 0.25) is 5.91 Å². The Hall–Kier alpha value is -0.280. The van der Waals surface area contributed by atoms with Crippen LogP contribution in [0.15, 0.2) is 0 Å². The van der Waals surface area contributed by atoms with Crippen LogP contribution in [0.25, 0.3) is 0 Å². The van der Waals surface area contributed by atoms with Crippen molar-refractivity contribution in [1.82, 2.24) is 10.6 Å². The first kappa shape index (κ1) is 10.7. The average molecular weight is 179 g/mol. The first-order chi connectivity index (χ1) is 4.79. The van der Waals surface area contributed by atoms with Gasteiger partial charge in [-0.2, -0.15) is 0 Å². The van der Waals surface area contributed by atoms with Crippen LogP contribution in [-0.2, 0) is 4.79 Å². The van der Waals surface area contributed by atoms with E-state index in [9.17, 15) is 4.79 Å². The van der Waals surface area contributed by atoms with Crippen molar-refractivity contribution in [3.8, 4) is 0 Å². The van der Waals surface area contributed by atoms with Gasteiger partial charge in [-0.05, 0) is 12.8 Å². The van der Waals surface area contributed by atoms with Crippen LogP contribution in [-0.4, -0.2) is 25.0 Å². The number of carbonyl (C=O) groups is 1. The molecule has 0 aromatic heterocycles. The first-order valence-corrected chi connectivity index (χ1v) is 3.77. The summed E-state index contributed by atoms with van der Waals surface area (Å²) in [5.41, 5.74) is 0. The van der Waals surface area contributed by atoms with Crippen LogP contribution in [0.1, 0.15) is 19.8 Å².